The van der Waals surface area contributed by atoms with Gasteiger partial charge in [-0.2, -0.15) is 0 Å². The van der Waals surface area contributed by atoms with Gasteiger partial charge in [0.05, 0.1) is 31.3 Å². The van der Waals surface area contributed by atoms with Crippen molar-refractivity contribution in [3.8, 4) is 0 Å². The highest BCUT2D eigenvalue weighted by atomic mass is 16.8. The Kier molecular flexibility index (Phi) is 14.8. The van der Waals surface area contributed by atoms with Gasteiger partial charge < -0.3 is 84.8 Å². The molecule has 0 bridgehead atoms. The van der Waals surface area contributed by atoms with Gasteiger partial charge in [0.25, 0.3) is 0 Å². The second-order valence-electron chi connectivity index (χ2n) is 24.2. The lowest BCUT2D eigenvalue weighted by Crippen LogP contribution is -2.70. The quantitative estimate of drug-likeness (QED) is 0.101. The van der Waals surface area contributed by atoms with Crippen LogP contribution < -0.4 is 5.32 Å². The van der Waals surface area contributed by atoms with Crippen molar-refractivity contribution in [1.29, 1.82) is 0 Å². The largest absolute Gasteiger partial charge is 0.481 e. The summed E-state index contributed by atoms with van der Waals surface area (Å²) in [6.45, 7) is 15.2. The van der Waals surface area contributed by atoms with Crippen LogP contribution in [0.2, 0.25) is 0 Å². The molecular formula is C50H81NO18. The van der Waals surface area contributed by atoms with Gasteiger partial charge in [0.2, 0.25) is 5.91 Å². The third-order valence-electron chi connectivity index (χ3n) is 19.8. The number of carbonyl (C=O) groups excluding carboxylic acids is 1. The van der Waals surface area contributed by atoms with Crippen LogP contribution in [-0.4, -0.2) is 181 Å². The van der Waals surface area contributed by atoms with Crippen molar-refractivity contribution >= 4 is 11.9 Å². The second-order valence-corrected chi connectivity index (χ2v) is 24.2. The molecule has 3 aliphatic heterocycles. The van der Waals surface area contributed by atoms with Gasteiger partial charge in [-0.3, -0.25) is 9.59 Å². The monoisotopic (exact) mass is 984 g/mol. The summed E-state index contributed by atoms with van der Waals surface area (Å²) in [5.41, 5.74) is -0.260. The van der Waals surface area contributed by atoms with Crippen LogP contribution in [0.25, 0.3) is 0 Å². The molecule has 1 amide bonds. The van der Waals surface area contributed by atoms with Crippen LogP contribution in [0.4, 0.5) is 0 Å². The zero-order valence-corrected chi connectivity index (χ0v) is 41.5. The lowest BCUT2D eigenvalue weighted by Gasteiger charge is -2.71. The highest BCUT2D eigenvalue weighted by Gasteiger charge is 2.70. The number of rotatable bonds is 11. The van der Waals surface area contributed by atoms with Gasteiger partial charge >= 0.3 is 5.97 Å². The third kappa shape index (κ3) is 8.65. The number of carbonyl (C=O) groups is 2. The molecule has 5 aliphatic carbocycles. The molecule has 4 saturated carbocycles. The van der Waals surface area contributed by atoms with Crippen molar-refractivity contribution < 1.29 is 89.1 Å². The van der Waals surface area contributed by atoms with Crippen molar-refractivity contribution in [3.05, 3.63) is 11.6 Å². The van der Waals surface area contributed by atoms with Crippen LogP contribution in [0.5, 0.6) is 0 Å². The molecule has 0 aromatic rings. The molecule has 8 rings (SSSR count). The summed E-state index contributed by atoms with van der Waals surface area (Å²) < 4.78 is 37.6. The van der Waals surface area contributed by atoms with Crippen LogP contribution in [-0.2, 0) is 38.0 Å². The summed E-state index contributed by atoms with van der Waals surface area (Å²) in [4.78, 5) is 26.4. The van der Waals surface area contributed by atoms with Gasteiger partial charge in [-0.25, -0.2) is 0 Å². The number of aliphatic hydroxyl groups excluding tert-OH is 9. The van der Waals surface area contributed by atoms with E-state index in [-0.39, 0.29) is 33.5 Å². The van der Waals surface area contributed by atoms with E-state index in [0.29, 0.717) is 25.2 Å². The topological polar surface area (TPSA) is 304 Å². The maximum atomic E-state index is 13.2. The van der Waals surface area contributed by atoms with E-state index in [1.807, 2.05) is 0 Å². The minimum Gasteiger partial charge on any atom is -0.481 e. The standard InChI is InChI=1S/C50H81NO18/c1-23(55)51-32-40(69-43-38(61)36(59)34(57)27(21-53)65-43)39(68-42-37(60)35(58)33(56)26(20-52)64-42)28(22-54)66-41(32)67-31-12-13-47(6)29(46(31,4)5)11-14-49(8)30(47)10-9-24-25-19-45(2,3)15-17-50(25,44(62)63)18-16-48(24,49)7/h9,25-43,52-54,56-61H,10-22H2,1-8H3,(H,51,55)(H,62,63)/t25-,26+,27+,28+,29-,30+,31-,32+,33+,34-,35-,36-,37+,38+,39-,40+,41-,42-,43-,47-,48+,49+,50-/m0/s1. The number of hydrogen-bond donors (Lipinski definition) is 11. The van der Waals surface area contributed by atoms with E-state index >= 15 is 0 Å². The van der Waals surface area contributed by atoms with E-state index < -0.39 is 141 Å². The molecule has 19 nitrogen and oxygen atoms in total. The number of carboxylic acid groups (broad SMARTS) is 1. The van der Waals surface area contributed by atoms with Gasteiger partial charge in [0, 0.05) is 6.92 Å². The number of amides is 1. The molecule has 0 radical (unpaired) electrons. The number of aliphatic hydroxyl groups is 9. The van der Waals surface area contributed by atoms with E-state index in [1.165, 1.54) is 12.5 Å². The zero-order chi connectivity index (χ0) is 50.6. The van der Waals surface area contributed by atoms with Gasteiger partial charge in [0.1, 0.15) is 73.2 Å². The Morgan fingerprint density at radius 2 is 1.20 bits per heavy atom. The summed E-state index contributed by atoms with van der Waals surface area (Å²) in [5.74, 6) is -0.804. The first-order chi connectivity index (χ1) is 32.2. The number of fused-ring (bicyclic) bond motifs is 7. The number of hydrogen-bond acceptors (Lipinski definition) is 17. The van der Waals surface area contributed by atoms with Crippen LogP contribution in [0, 0.1) is 50.2 Å². The SMILES string of the molecule is CC(=O)N[C@H]1[C@H](O[C@H]2CC[C@]3(C)[C@H]4CC=C5[C@@H]6CC(C)(C)CC[C@]6(C(=O)O)CC[C@@]5(C)[C@]4(C)CC[C@H]3C2(C)C)O[C@H](CO)[C@H](O[C@@H]2O[C@H](CO)[C@@H](O)[C@H](O)[C@H]2O)[C@@H]1O[C@@H]1O[C@H](CO)[C@H](O)[C@H](O)[C@H]1O. The molecular weight excluding hydrogens is 903 g/mol. The minimum atomic E-state index is -1.91. The van der Waals surface area contributed by atoms with Gasteiger partial charge in [0.15, 0.2) is 18.9 Å². The van der Waals surface area contributed by atoms with Gasteiger partial charge in [-0.1, -0.05) is 60.1 Å². The fourth-order valence-corrected chi connectivity index (χ4v) is 15.6. The summed E-state index contributed by atoms with van der Waals surface area (Å²) >= 11 is 0. The van der Waals surface area contributed by atoms with Crippen LogP contribution in [0.3, 0.4) is 0 Å². The number of ether oxygens (including phenoxy) is 6. The van der Waals surface area contributed by atoms with Crippen LogP contribution >= 0.6 is 0 Å². The van der Waals surface area contributed by atoms with Crippen molar-refractivity contribution in [1.82, 2.24) is 5.32 Å². The summed E-state index contributed by atoms with van der Waals surface area (Å²) in [7, 11) is 0. The highest BCUT2D eigenvalue weighted by molar-refractivity contribution is 5.76. The van der Waals surface area contributed by atoms with E-state index in [4.69, 9.17) is 28.4 Å². The molecule has 3 heterocycles. The van der Waals surface area contributed by atoms with Gasteiger partial charge in [-0.15, -0.1) is 0 Å². The van der Waals surface area contributed by atoms with Crippen LogP contribution in [0.1, 0.15) is 120 Å². The summed E-state index contributed by atoms with van der Waals surface area (Å²) in [6.07, 6.45) is -13.2. The highest BCUT2D eigenvalue weighted by Crippen LogP contribution is 2.76. The predicted molar refractivity (Wildman–Crippen MR) is 242 cm³/mol. The molecule has 7 fully saturated rings. The number of nitrogens with one attached hydrogen (secondary N) is 1. The van der Waals surface area contributed by atoms with Crippen LogP contribution in [0.15, 0.2) is 11.6 Å². The fourth-order valence-electron chi connectivity index (χ4n) is 15.6. The van der Waals surface area contributed by atoms with Crippen molar-refractivity contribution in [2.75, 3.05) is 19.8 Å². The molecule has 0 aromatic heterocycles. The zero-order valence-electron chi connectivity index (χ0n) is 41.5. The van der Waals surface area contributed by atoms with E-state index in [2.05, 4.69) is 59.9 Å². The molecule has 0 spiro atoms. The average molecular weight is 984 g/mol. The summed E-state index contributed by atoms with van der Waals surface area (Å²) in [5, 5.41) is 109. The van der Waals surface area contributed by atoms with Crippen molar-refractivity contribution in [2.24, 2.45) is 50.2 Å². The molecule has 23 atom stereocenters. The maximum absolute atomic E-state index is 13.2. The maximum Gasteiger partial charge on any atom is 0.310 e. The lowest BCUT2D eigenvalue weighted by atomic mass is 9.33. The summed E-state index contributed by atoms with van der Waals surface area (Å²) in [6, 6.07) is -1.33. The Labute approximate surface area is 404 Å². The van der Waals surface area contributed by atoms with E-state index in [1.54, 1.807) is 0 Å². The number of allylic oxidation sites excluding steroid dienone is 2. The lowest BCUT2D eigenvalue weighted by molar-refractivity contribution is -0.380. The smallest absolute Gasteiger partial charge is 0.310 e. The molecule has 11 N–H and O–H groups in total. The average Bonchev–Trinajstić information content (AvgIpc) is 3.28. The molecule has 69 heavy (non-hydrogen) atoms. The first kappa shape index (κ1) is 53.4. The number of aliphatic carboxylic acids is 1. The molecule has 0 unspecified atom stereocenters. The Hall–Kier alpha value is -1.92. The third-order valence-corrected chi connectivity index (χ3v) is 19.8. The molecule has 19 heteroatoms. The van der Waals surface area contributed by atoms with Crippen molar-refractivity contribution in [2.45, 2.75) is 218 Å². The Morgan fingerprint density at radius 3 is 1.75 bits per heavy atom. The minimum absolute atomic E-state index is 0.00750. The first-order valence-corrected chi connectivity index (χ1v) is 25.3. The van der Waals surface area contributed by atoms with E-state index in [9.17, 15) is 60.7 Å². The Morgan fingerprint density at radius 1 is 0.652 bits per heavy atom. The Bertz CT molecular complexity index is 1910. The predicted octanol–water partition coefficient (Wildman–Crippen LogP) is 0.850. The number of carboxylic acids is 1. The van der Waals surface area contributed by atoms with E-state index in [0.717, 1.165) is 44.9 Å². The molecule has 394 valence electrons. The van der Waals surface area contributed by atoms with Gasteiger partial charge in [-0.05, 0) is 109 Å². The Balaban J connectivity index is 1.10. The fraction of sp³-hybridized carbons (Fsp3) is 0.920. The first-order valence-electron chi connectivity index (χ1n) is 25.3. The molecule has 8 aliphatic rings. The van der Waals surface area contributed by atoms with Crippen molar-refractivity contribution in [3.63, 3.8) is 0 Å². The second kappa shape index (κ2) is 19.1. The normalized spacial score (nSPS) is 51.4. The molecule has 3 saturated heterocycles. The molecule has 0 aromatic carbocycles.